The molecule has 0 saturated carbocycles. The van der Waals surface area contributed by atoms with E-state index in [2.05, 4.69) is 5.32 Å². The standard InChI is InChI=1S/C35H39NO10/c1-41-28-12-10-23(19-30(28)42-2)16-25-21-45-34(39)26(25)17-24-11-13-29(31(20-24)43-3)46-33(38)15-14-32(37)36-27(35(40)44-4)18-22-8-6-5-7-9-22/h5-13,19-20,25-27H,14-18,21H2,1-4H3,(H,36,37)/t25-,26+,27+/m0/s1. The zero-order valence-electron chi connectivity index (χ0n) is 26.4. The fourth-order valence-corrected chi connectivity index (χ4v) is 5.38. The van der Waals surface area contributed by atoms with E-state index in [9.17, 15) is 19.2 Å². The van der Waals surface area contributed by atoms with Gasteiger partial charge in [-0.25, -0.2) is 4.79 Å². The summed E-state index contributed by atoms with van der Waals surface area (Å²) in [7, 11) is 5.86. The van der Waals surface area contributed by atoms with Gasteiger partial charge in [0.2, 0.25) is 5.91 Å². The Bertz CT molecular complexity index is 1520. The lowest BCUT2D eigenvalue weighted by molar-refractivity contribution is -0.145. The molecule has 0 aliphatic carbocycles. The molecule has 0 bridgehead atoms. The van der Waals surface area contributed by atoms with Crippen LogP contribution in [0, 0.1) is 11.8 Å². The van der Waals surface area contributed by atoms with Crippen LogP contribution in [0.5, 0.6) is 23.0 Å². The number of cyclic esters (lactones) is 1. The number of ether oxygens (including phenoxy) is 6. The van der Waals surface area contributed by atoms with Gasteiger partial charge in [0, 0.05) is 18.8 Å². The van der Waals surface area contributed by atoms with Crippen LogP contribution in [0.1, 0.15) is 29.5 Å². The lowest BCUT2D eigenvalue weighted by atomic mass is 9.85. The van der Waals surface area contributed by atoms with Gasteiger partial charge in [0.25, 0.3) is 0 Å². The molecule has 1 N–H and O–H groups in total. The van der Waals surface area contributed by atoms with E-state index in [1.165, 1.54) is 14.2 Å². The van der Waals surface area contributed by atoms with Crippen molar-refractivity contribution in [3.8, 4) is 23.0 Å². The molecule has 0 aromatic heterocycles. The second-order valence-corrected chi connectivity index (χ2v) is 10.9. The van der Waals surface area contributed by atoms with E-state index in [4.69, 9.17) is 28.4 Å². The van der Waals surface area contributed by atoms with Crippen molar-refractivity contribution in [1.82, 2.24) is 5.32 Å². The molecule has 3 aromatic carbocycles. The summed E-state index contributed by atoms with van der Waals surface area (Å²) in [6.45, 7) is 0.310. The minimum Gasteiger partial charge on any atom is -0.493 e. The average molecular weight is 634 g/mol. The predicted molar refractivity (Wildman–Crippen MR) is 167 cm³/mol. The summed E-state index contributed by atoms with van der Waals surface area (Å²) in [5.41, 5.74) is 2.66. The molecule has 1 fully saturated rings. The Hall–Kier alpha value is -5.06. The average Bonchev–Trinajstić information content (AvgIpc) is 3.41. The molecule has 1 aliphatic heterocycles. The molecule has 1 saturated heterocycles. The summed E-state index contributed by atoms with van der Waals surface area (Å²) < 4.78 is 32.0. The number of carbonyl (C=O) groups excluding carboxylic acids is 4. The van der Waals surface area contributed by atoms with Crippen molar-refractivity contribution in [2.45, 2.75) is 38.1 Å². The largest absolute Gasteiger partial charge is 0.493 e. The smallest absolute Gasteiger partial charge is 0.328 e. The fraction of sp³-hybridized carbons (Fsp3) is 0.371. The first-order valence-corrected chi connectivity index (χ1v) is 14.9. The quantitative estimate of drug-likeness (QED) is 0.194. The number of methoxy groups -OCH3 is 4. The number of esters is 3. The van der Waals surface area contributed by atoms with Crippen molar-refractivity contribution in [3.05, 3.63) is 83.4 Å². The van der Waals surface area contributed by atoms with Crippen molar-refractivity contribution in [3.63, 3.8) is 0 Å². The van der Waals surface area contributed by atoms with Gasteiger partial charge in [0.05, 0.1) is 47.4 Å². The summed E-state index contributed by atoms with van der Waals surface area (Å²) >= 11 is 0. The van der Waals surface area contributed by atoms with Gasteiger partial charge in [-0.05, 0) is 53.8 Å². The second kappa shape index (κ2) is 16.3. The number of hydrogen-bond donors (Lipinski definition) is 1. The van der Waals surface area contributed by atoms with E-state index in [0.29, 0.717) is 36.7 Å². The Morgan fingerprint density at radius 1 is 0.783 bits per heavy atom. The molecule has 1 amide bonds. The Morgan fingerprint density at radius 2 is 1.41 bits per heavy atom. The molecule has 1 aliphatic rings. The van der Waals surface area contributed by atoms with Crippen LogP contribution < -0.4 is 24.3 Å². The molecular formula is C35H39NO10. The van der Waals surface area contributed by atoms with E-state index in [-0.39, 0.29) is 42.8 Å². The number of benzene rings is 3. The van der Waals surface area contributed by atoms with Crippen LogP contribution in [-0.2, 0) is 47.9 Å². The Balaban J connectivity index is 1.33. The predicted octanol–water partition coefficient (Wildman–Crippen LogP) is 3.87. The highest BCUT2D eigenvalue weighted by atomic mass is 16.6. The molecule has 0 radical (unpaired) electrons. The van der Waals surface area contributed by atoms with Gasteiger partial charge in [-0.1, -0.05) is 42.5 Å². The summed E-state index contributed by atoms with van der Waals surface area (Å²) in [6.07, 6.45) is 0.868. The van der Waals surface area contributed by atoms with Crippen molar-refractivity contribution >= 4 is 23.8 Å². The van der Waals surface area contributed by atoms with Crippen LogP contribution in [0.3, 0.4) is 0 Å². The molecule has 0 spiro atoms. The molecule has 3 atom stereocenters. The summed E-state index contributed by atoms with van der Waals surface area (Å²) in [6, 6.07) is 19.1. The molecule has 0 unspecified atom stereocenters. The van der Waals surface area contributed by atoms with Gasteiger partial charge in [-0.3, -0.25) is 14.4 Å². The fourth-order valence-electron chi connectivity index (χ4n) is 5.38. The number of nitrogens with one attached hydrogen (secondary N) is 1. The zero-order chi connectivity index (χ0) is 33.1. The lowest BCUT2D eigenvalue weighted by Crippen LogP contribution is -2.43. The third kappa shape index (κ3) is 8.99. The first kappa shape index (κ1) is 33.8. The maximum Gasteiger partial charge on any atom is 0.328 e. The molecule has 11 nitrogen and oxygen atoms in total. The monoisotopic (exact) mass is 633 g/mol. The third-order valence-electron chi connectivity index (χ3n) is 7.82. The lowest BCUT2D eigenvalue weighted by Gasteiger charge is -2.18. The Morgan fingerprint density at radius 3 is 2.07 bits per heavy atom. The van der Waals surface area contributed by atoms with Gasteiger partial charge < -0.3 is 33.7 Å². The van der Waals surface area contributed by atoms with Crippen molar-refractivity contribution in [2.75, 3.05) is 35.0 Å². The van der Waals surface area contributed by atoms with E-state index < -0.39 is 23.9 Å². The molecule has 244 valence electrons. The van der Waals surface area contributed by atoms with Gasteiger partial charge in [-0.15, -0.1) is 0 Å². The van der Waals surface area contributed by atoms with E-state index in [1.54, 1.807) is 32.4 Å². The van der Waals surface area contributed by atoms with E-state index in [1.807, 2.05) is 48.5 Å². The topological polar surface area (TPSA) is 136 Å². The summed E-state index contributed by atoms with van der Waals surface area (Å²) in [5.74, 6) is -0.665. The van der Waals surface area contributed by atoms with Gasteiger partial charge in [-0.2, -0.15) is 0 Å². The van der Waals surface area contributed by atoms with E-state index >= 15 is 0 Å². The highest BCUT2D eigenvalue weighted by molar-refractivity contribution is 5.87. The molecule has 1 heterocycles. The number of rotatable bonds is 15. The van der Waals surface area contributed by atoms with Gasteiger partial charge in [0.1, 0.15) is 6.04 Å². The molecule has 11 heteroatoms. The van der Waals surface area contributed by atoms with Gasteiger partial charge in [0.15, 0.2) is 23.0 Å². The summed E-state index contributed by atoms with van der Waals surface area (Å²) in [4.78, 5) is 50.1. The van der Waals surface area contributed by atoms with E-state index in [0.717, 1.165) is 16.7 Å². The molecular weight excluding hydrogens is 594 g/mol. The van der Waals surface area contributed by atoms with Crippen molar-refractivity contribution in [1.29, 1.82) is 0 Å². The van der Waals surface area contributed by atoms with Crippen LogP contribution in [0.4, 0.5) is 0 Å². The second-order valence-electron chi connectivity index (χ2n) is 10.9. The van der Waals surface area contributed by atoms with Crippen molar-refractivity contribution in [2.24, 2.45) is 11.8 Å². The number of carbonyl (C=O) groups is 4. The maximum absolute atomic E-state index is 12.7. The van der Waals surface area contributed by atoms with Crippen LogP contribution in [0.25, 0.3) is 0 Å². The minimum atomic E-state index is -0.889. The maximum atomic E-state index is 12.7. The van der Waals surface area contributed by atoms with Crippen molar-refractivity contribution < 1.29 is 47.6 Å². The van der Waals surface area contributed by atoms with Crippen LogP contribution in [-0.4, -0.2) is 64.9 Å². The number of amides is 1. The SMILES string of the molecule is COC(=O)[C@@H](Cc1ccccc1)NC(=O)CCC(=O)Oc1ccc(C[C@H]2C(=O)OC[C@@H]2Cc2ccc(OC)c(OC)c2)cc1OC. The normalized spacial score (nSPS) is 16.1. The Kier molecular flexibility index (Phi) is 12.0. The van der Waals surface area contributed by atoms with Crippen LogP contribution >= 0.6 is 0 Å². The molecule has 4 rings (SSSR count). The Labute approximate surface area is 268 Å². The highest BCUT2D eigenvalue weighted by Gasteiger charge is 2.37. The summed E-state index contributed by atoms with van der Waals surface area (Å²) in [5, 5.41) is 2.64. The van der Waals surface area contributed by atoms with Crippen LogP contribution in [0.2, 0.25) is 0 Å². The minimum absolute atomic E-state index is 0.0493. The third-order valence-corrected chi connectivity index (χ3v) is 7.82. The van der Waals surface area contributed by atoms with Gasteiger partial charge >= 0.3 is 17.9 Å². The number of hydrogen-bond acceptors (Lipinski definition) is 10. The molecule has 46 heavy (non-hydrogen) atoms. The zero-order valence-corrected chi connectivity index (χ0v) is 26.4. The molecule has 3 aromatic rings. The first-order valence-electron chi connectivity index (χ1n) is 14.9. The highest BCUT2D eigenvalue weighted by Crippen LogP contribution is 2.35. The first-order chi connectivity index (χ1) is 22.2. The van der Waals surface area contributed by atoms with Crippen LogP contribution in [0.15, 0.2) is 66.7 Å².